The van der Waals surface area contributed by atoms with Crippen molar-refractivity contribution in [1.82, 2.24) is 0 Å². The third-order valence-corrected chi connectivity index (χ3v) is 21.4. The van der Waals surface area contributed by atoms with Gasteiger partial charge in [0, 0.05) is 58.8 Å². The first-order valence-electron chi connectivity index (χ1n) is 23.6. The van der Waals surface area contributed by atoms with Crippen LogP contribution in [-0.4, -0.2) is 14.8 Å². The average molecular weight is 932 g/mol. The fourth-order valence-corrected chi connectivity index (χ4v) is 18.7. The van der Waals surface area contributed by atoms with Gasteiger partial charge in [0.2, 0.25) is 0 Å². The second kappa shape index (κ2) is 16.2. The number of thiophene rings is 1. The third kappa shape index (κ3) is 6.14. The predicted molar refractivity (Wildman–Crippen MR) is 298 cm³/mol. The van der Waals surface area contributed by atoms with Crippen LogP contribution < -0.4 is 51.1 Å². The Morgan fingerprint density at radius 3 is 1.42 bits per heavy atom. The van der Waals surface area contributed by atoms with Crippen molar-refractivity contribution in [1.29, 1.82) is 0 Å². The van der Waals surface area contributed by atoms with Gasteiger partial charge in [-0.3, -0.25) is 0 Å². The van der Waals surface area contributed by atoms with Crippen molar-refractivity contribution in [3.05, 3.63) is 255 Å². The van der Waals surface area contributed by atoms with E-state index in [-0.39, 0.29) is 6.71 Å². The van der Waals surface area contributed by atoms with Crippen molar-refractivity contribution in [2.24, 2.45) is 0 Å². The minimum Gasteiger partial charge on any atom is -0.310 e. The first-order valence-corrected chi connectivity index (χ1v) is 27.3. The summed E-state index contributed by atoms with van der Waals surface area (Å²) in [5.41, 5.74) is 13.3. The van der Waals surface area contributed by atoms with Crippen LogP contribution in [0.15, 0.2) is 265 Å². The largest absolute Gasteiger partial charge is 0.310 e. The number of hydrogen-bond acceptors (Lipinski definition) is 5. The van der Waals surface area contributed by atoms with Crippen LogP contribution in [0.2, 0.25) is 0 Å². The lowest BCUT2D eigenvalue weighted by Gasteiger charge is -2.45. The molecule has 3 aliphatic rings. The second-order valence-electron chi connectivity index (χ2n) is 18.0. The molecule has 0 fully saturated rings. The van der Waals surface area contributed by atoms with Gasteiger partial charge in [-0.2, -0.15) is 0 Å². The van der Waals surface area contributed by atoms with Crippen molar-refractivity contribution >= 4 is 136 Å². The van der Waals surface area contributed by atoms with E-state index in [1.165, 1.54) is 84.8 Å². The fraction of sp³-hybridized carbons (Fsp3) is 0. The zero-order chi connectivity index (χ0) is 45.5. The number of anilines is 9. The molecule has 4 heterocycles. The highest BCUT2D eigenvalue weighted by molar-refractivity contribution is 7.99. The van der Waals surface area contributed by atoms with Gasteiger partial charge in [0.25, 0.3) is 6.71 Å². The summed E-state index contributed by atoms with van der Waals surface area (Å²) < 4.78 is 2.66. The Balaban J connectivity index is 1.17. The van der Waals surface area contributed by atoms with E-state index < -0.39 is 8.07 Å². The number of rotatable bonds is 6. The summed E-state index contributed by atoms with van der Waals surface area (Å²) >= 11 is 3.80. The van der Waals surface area contributed by atoms with Crippen molar-refractivity contribution in [2.45, 2.75) is 9.79 Å². The maximum Gasteiger partial charge on any atom is 0.264 e. The topological polar surface area (TPSA) is 9.72 Å². The normalized spacial score (nSPS) is 13.3. The minimum absolute atomic E-state index is 0.0295. The highest BCUT2D eigenvalue weighted by Crippen LogP contribution is 2.52. The van der Waals surface area contributed by atoms with Gasteiger partial charge in [0.1, 0.15) is 0 Å². The molecule has 0 unspecified atom stereocenters. The summed E-state index contributed by atoms with van der Waals surface area (Å²) in [7, 11) is -3.08. The zero-order valence-electron chi connectivity index (χ0n) is 37.5. The molecule has 69 heavy (non-hydrogen) atoms. The van der Waals surface area contributed by atoms with E-state index in [4.69, 9.17) is 0 Å². The Morgan fingerprint density at radius 1 is 0.348 bits per heavy atom. The Morgan fingerprint density at radius 2 is 0.826 bits per heavy atom. The second-order valence-corrected chi connectivity index (χ2v) is 24.0. The maximum atomic E-state index is 2.64. The van der Waals surface area contributed by atoms with E-state index in [1.807, 2.05) is 23.1 Å². The average Bonchev–Trinajstić information content (AvgIpc) is 3.80. The third-order valence-electron chi connectivity index (χ3n) is 14.3. The van der Waals surface area contributed by atoms with Crippen LogP contribution in [0.3, 0.4) is 0 Å². The molecule has 11 aromatic rings. The molecule has 7 heteroatoms. The molecule has 14 rings (SSSR count). The smallest absolute Gasteiger partial charge is 0.264 e. The lowest BCUT2D eigenvalue weighted by molar-refractivity contribution is 1.19. The summed E-state index contributed by atoms with van der Waals surface area (Å²) in [6, 6.07) is 95.7. The molecule has 0 saturated carbocycles. The number of fused-ring (bicyclic) bond motifs is 10. The highest BCUT2D eigenvalue weighted by atomic mass is 32.2. The van der Waals surface area contributed by atoms with Crippen molar-refractivity contribution in [3.8, 4) is 0 Å². The molecule has 0 amide bonds. The van der Waals surface area contributed by atoms with E-state index in [9.17, 15) is 0 Å². The summed E-state index contributed by atoms with van der Waals surface area (Å²) in [5.74, 6) is 0. The van der Waals surface area contributed by atoms with Crippen LogP contribution >= 0.6 is 23.1 Å². The van der Waals surface area contributed by atoms with E-state index in [2.05, 4.69) is 269 Å². The van der Waals surface area contributed by atoms with E-state index in [1.54, 1.807) is 0 Å². The highest BCUT2D eigenvalue weighted by Gasteiger charge is 2.49. The van der Waals surface area contributed by atoms with E-state index in [0.29, 0.717) is 0 Å². The number of hydrogen-bond donors (Lipinski definition) is 0. The standard InChI is InChI=1S/C62H42BN3S2Si/c1-6-22-43(23-7-1)64-45-38-39-51-54(40-45)66(53-34-18-21-37-59(53)67-58-36-20-17-33-52(58)64)56-42-49(69(46-26-10-3-11-27-46,47-28-12-4-13-29-47)48-30-14-5-15-31-48)41-55-60(56)63(51)62-61(50-32-16-19-35-57(50)68-62)65(55)44-24-8-2-9-25-44/h1-42H. The molecule has 324 valence electrons. The number of benzene rings is 10. The Hall–Kier alpha value is -7.81. The molecule has 3 aliphatic heterocycles. The van der Waals surface area contributed by atoms with Crippen LogP contribution in [0.5, 0.6) is 0 Å². The van der Waals surface area contributed by atoms with Crippen molar-refractivity contribution in [2.75, 3.05) is 14.7 Å². The molecular formula is C62H42BN3S2Si. The zero-order valence-corrected chi connectivity index (χ0v) is 40.1. The summed E-state index contributed by atoms with van der Waals surface area (Å²) in [5, 5.41) is 6.65. The minimum atomic E-state index is -3.08. The van der Waals surface area contributed by atoms with Crippen LogP contribution in [0.25, 0.3) is 10.1 Å². The van der Waals surface area contributed by atoms with E-state index in [0.717, 1.165) is 22.7 Å². The molecule has 1 aromatic heterocycles. The van der Waals surface area contributed by atoms with E-state index >= 15 is 0 Å². The fourth-order valence-electron chi connectivity index (χ4n) is 11.5. The summed E-state index contributed by atoms with van der Waals surface area (Å²) in [4.78, 5) is 10.1. The molecule has 3 nitrogen and oxygen atoms in total. The summed E-state index contributed by atoms with van der Waals surface area (Å²) in [6.07, 6.45) is 0. The molecule has 0 spiro atoms. The van der Waals surface area contributed by atoms with Gasteiger partial charge in [0.15, 0.2) is 8.07 Å². The molecule has 0 atom stereocenters. The quantitative estimate of drug-likeness (QED) is 0.121. The van der Waals surface area contributed by atoms with Crippen LogP contribution in [0.1, 0.15) is 0 Å². The molecule has 10 aromatic carbocycles. The van der Waals surface area contributed by atoms with Gasteiger partial charge in [-0.25, -0.2) is 0 Å². The SMILES string of the molecule is c1ccc(N2c3ccc4c(c3)N(c3ccccc3Sc3ccccc32)c2cc([Si](c3ccccc3)(c3ccccc3)c3ccccc3)cc3c2B4c2sc4ccccc4c2N3c2ccccc2)cc1. The Kier molecular flexibility index (Phi) is 9.44. The van der Waals surface area contributed by atoms with Gasteiger partial charge >= 0.3 is 0 Å². The molecular weight excluding hydrogens is 890 g/mol. The molecule has 0 saturated heterocycles. The van der Waals surface area contributed by atoms with Gasteiger partial charge in [0.05, 0.1) is 17.1 Å². The van der Waals surface area contributed by atoms with Crippen LogP contribution in [0, 0.1) is 0 Å². The Bertz CT molecular complexity index is 3640. The van der Waals surface area contributed by atoms with Gasteiger partial charge in [-0.05, 0) is 111 Å². The van der Waals surface area contributed by atoms with Gasteiger partial charge in [-0.1, -0.05) is 188 Å². The first-order chi connectivity index (χ1) is 34.3. The predicted octanol–water partition coefficient (Wildman–Crippen LogP) is 12.3. The maximum absolute atomic E-state index is 3.08. The lowest BCUT2D eigenvalue weighted by atomic mass is 9.36. The molecule has 0 N–H and O–H groups in total. The first kappa shape index (κ1) is 40.3. The number of nitrogens with zero attached hydrogens (tertiary/aromatic N) is 3. The Labute approximate surface area is 412 Å². The van der Waals surface area contributed by atoms with Crippen molar-refractivity contribution < 1.29 is 0 Å². The molecule has 0 radical (unpaired) electrons. The monoisotopic (exact) mass is 931 g/mol. The van der Waals surface area contributed by atoms with Gasteiger partial charge in [-0.15, -0.1) is 11.3 Å². The molecule has 2 bridgehead atoms. The number of para-hydroxylation sites is 4. The molecule has 0 aliphatic carbocycles. The van der Waals surface area contributed by atoms with Crippen LogP contribution in [0.4, 0.5) is 51.2 Å². The van der Waals surface area contributed by atoms with Crippen LogP contribution in [-0.2, 0) is 0 Å². The van der Waals surface area contributed by atoms with Crippen molar-refractivity contribution in [3.63, 3.8) is 0 Å². The lowest BCUT2D eigenvalue weighted by Crippen LogP contribution is -2.75. The summed E-state index contributed by atoms with van der Waals surface area (Å²) in [6.45, 7) is -0.0295. The van der Waals surface area contributed by atoms with Gasteiger partial charge < -0.3 is 14.7 Å².